The molecule has 0 unspecified atom stereocenters. The first-order valence-corrected chi connectivity index (χ1v) is 12.2. The molecule has 1 aliphatic heterocycles. The minimum Gasteiger partial charge on any atom is -0.504 e. The Morgan fingerprint density at radius 3 is 2.85 bits per heavy atom. The van der Waals surface area contributed by atoms with Gasteiger partial charge in [-0.1, -0.05) is 22.6 Å². The van der Waals surface area contributed by atoms with Crippen molar-refractivity contribution in [2.45, 2.75) is 4.43 Å². The fraction of sp³-hybridized carbons (Fsp3) is 0.0909. The number of benzene rings is 2. The second kappa shape index (κ2) is 8.68. The van der Waals surface area contributed by atoms with Crippen molar-refractivity contribution in [3.8, 4) is 11.5 Å². The van der Waals surface area contributed by atoms with Gasteiger partial charge in [-0.15, -0.1) is 11.3 Å². The second-order valence-electron chi connectivity index (χ2n) is 7.20. The van der Waals surface area contributed by atoms with E-state index in [1.807, 2.05) is 0 Å². The number of hydrogen-bond acceptors (Lipinski definition) is 7. The van der Waals surface area contributed by atoms with Crippen molar-refractivity contribution in [1.29, 1.82) is 0 Å². The SMILES string of the molecule is COc1ccc(NC(=O)c2sc3ncnc4c3c2NC(=O)N4c2ccc(F)c(CI)c2)cc1O. The third kappa shape index (κ3) is 3.68. The number of alkyl halides is 1. The second-order valence-corrected chi connectivity index (χ2v) is 8.96. The van der Waals surface area contributed by atoms with Crippen LogP contribution < -0.4 is 20.3 Å². The van der Waals surface area contributed by atoms with Crippen LogP contribution >= 0.6 is 33.9 Å². The van der Waals surface area contributed by atoms with Gasteiger partial charge in [0.25, 0.3) is 5.91 Å². The molecule has 0 fully saturated rings. The molecule has 2 aromatic carbocycles. The van der Waals surface area contributed by atoms with Gasteiger partial charge in [0.05, 0.1) is 23.9 Å². The minimum absolute atomic E-state index is 0.125. The van der Waals surface area contributed by atoms with Gasteiger partial charge in [0.15, 0.2) is 17.3 Å². The van der Waals surface area contributed by atoms with E-state index in [4.69, 9.17) is 4.74 Å². The van der Waals surface area contributed by atoms with Crippen LogP contribution in [0.3, 0.4) is 0 Å². The van der Waals surface area contributed by atoms with E-state index in [0.717, 1.165) is 11.3 Å². The number of nitrogens with zero attached hydrogens (tertiary/aromatic N) is 3. The summed E-state index contributed by atoms with van der Waals surface area (Å²) in [4.78, 5) is 36.8. The van der Waals surface area contributed by atoms with E-state index in [1.54, 1.807) is 12.1 Å². The molecule has 5 rings (SSSR count). The van der Waals surface area contributed by atoms with Gasteiger partial charge in [0.1, 0.15) is 21.9 Å². The van der Waals surface area contributed by atoms with Crippen molar-refractivity contribution < 1.29 is 23.8 Å². The molecule has 12 heteroatoms. The van der Waals surface area contributed by atoms with Crippen molar-refractivity contribution in [2.24, 2.45) is 0 Å². The van der Waals surface area contributed by atoms with Crippen LogP contribution in [-0.2, 0) is 4.43 Å². The smallest absolute Gasteiger partial charge is 0.332 e. The van der Waals surface area contributed by atoms with Gasteiger partial charge in [-0.2, -0.15) is 0 Å². The summed E-state index contributed by atoms with van der Waals surface area (Å²) in [5, 5.41) is 16.0. The molecule has 3 N–H and O–H groups in total. The Labute approximate surface area is 209 Å². The molecular formula is C22H15FIN5O4S. The van der Waals surface area contributed by atoms with Crippen LogP contribution in [-0.4, -0.2) is 34.1 Å². The number of halogens is 2. The number of anilines is 4. The van der Waals surface area contributed by atoms with Gasteiger partial charge >= 0.3 is 6.03 Å². The van der Waals surface area contributed by atoms with Crippen LogP contribution in [0.15, 0.2) is 42.7 Å². The molecule has 172 valence electrons. The van der Waals surface area contributed by atoms with Crippen LogP contribution in [0.5, 0.6) is 11.5 Å². The van der Waals surface area contributed by atoms with Gasteiger partial charge in [0.2, 0.25) is 0 Å². The van der Waals surface area contributed by atoms with Crippen LogP contribution in [0.25, 0.3) is 10.2 Å². The number of carbonyl (C=O) groups excluding carboxylic acids is 2. The normalized spacial score (nSPS) is 12.6. The molecule has 3 amide bonds. The first-order valence-electron chi connectivity index (χ1n) is 9.82. The Morgan fingerprint density at radius 2 is 2.12 bits per heavy atom. The molecule has 9 nitrogen and oxygen atoms in total. The van der Waals surface area contributed by atoms with Gasteiger partial charge in [0, 0.05) is 16.2 Å². The lowest BCUT2D eigenvalue weighted by molar-refractivity contribution is 0.103. The zero-order chi connectivity index (χ0) is 24.0. The number of ether oxygens (including phenoxy) is 1. The number of carbonyl (C=O) groups is 2. The highest BCUT2D eigenvalue weighted by Crippen LogP contribution is 2.45. The number of rotatable bonds is 5. The number of amides is 3. The minimum atomic E-state index is -0.534. The summed E-state index contributed by atoms with van der Waals surface area (Å²) in [6.07, 6.45) is 1.31. The maximum Gasteiger partial charge on any atom is 0.332 e. The Bertz CT molecular complexity index is 1480. The number of phenolic OH excluding ortho intramolecular Hbond substituents is 1. The lowest BCUT2D eigenvalue weighted by atomic mass is 10.1. The summed E-state index contributed by atoms with van der Waals surface area (Å²) in [6, 6.07) is 8.33. The van der Waals surface area contributed by atoms with E-state index < -0.39 is 11.9 Å². The van der Waals surface area contributed by atoms with E-state index in [2.05, 4.69) is 43.2 Å². The summed E-state index contributed by atoms with van der Waals surface area (Å²) in [7, 11) is 1.43. The number of aromatic nitrogens is 2. The van der Waals surface area contributed by atoms with Crippen LogP contribution in [0, 0.1) is 5.82 Å². The fourth-order valence-corrected chi connectivity index (χ4v) is 5.20. The van der Waals surface area contributed by atoms with Crippen molar-refractivity contribution >= 4 is 79.0 Å². The zero-order valence-corrected chi connectivity index (χ0v) is 20.4. The summed E-state index contributed by atoms with van der Waals surface area (Å²) < 4.78 is 19.5. The fourth-order valence-electron chi connectivity index (χ4n) is 3.62. The van der Waals surface area contributed by atoms with Crippen LogP contribution in [0.4, 0.5) is 32.1 Å². The van der Waals surface area contributed by atoms with Crippen molar-refractivity contribution in [3.63, 3.8) is 0 Å². The number of hydrogen-bond donors (Lipinski definition) is 3. The molecule has 4 aromatic rings. The number of phenols is 1. The Morgan fingerprint density at radius 1 is 1.29 bits per heavy atom. The average molecular weight is 591 g/mol. The Hall–Kier alpha value is -3.52. The van der Waals surface area contributed by atoms with Gasteiger partial charge in [-0.05, 0) is 35.9 Å². The molecule has 3 heterocycles. The molecular weight excluding hydrogens is 576 g/mol. The number of urea groups is 1. The summed E-state index contributed by atoms with van der Waals surface area (Å²) in [6.45, 7) is 0. The first-order chi connectivity index (χ1) is 16.4. The van der Waals surface area contributed by atoms with Crippen molar-refractivity contribution in [2.75, 3.05) is 22.6 Å². The predicted octanol–water partition coefficient (Wildman–Crippen LogP) is 5.42. The third-order valence-electron chi connectivity index (χ3n) is 5.19. The van der Waals surface area contributed by atoms with Crippen LogP contribution in [0.2, 0.25) is 0 Å². The maximum absolute atomic E-state index is 14.0. The van der Waals surface area contributed by atoms with E-state index in [9.17, 15) is 19.1 Å². The molecule has 34 heavy (non-hydrogen) atoms. The van der Waals surface area contributed by atoms with E-state index >= 15 is 0 Å². The molecule has 1 aliphatic rings. The molecule has 0 atom stereocenters. The highest BCUT2D eigenvalue weighted by Gasteiger charge is 2.34. The lowest BCUT2D eigenvalue weighted by Gasteiger charge is -2.27. The topological polar surface area (TPSA) is 117 Å². The summed E-state index contributed by atoms with van der Waals surface area (Å²) in [5.74, 6) is -0.402. The van der Waals surface area contributed by atoms with Gasteiger partial charge in [-0.25, -0.2) is 24.1 Å². The zero-order valence-electron chi connectivity index (χ0n) is 17.4. The predicted molar refractivity (Wildman–Crippen MR) is 135 cm³/mol. The number of aromatic hydroxyl groups is 1. The summed E-state index contributed by atoms with van der Waals surface area (Å²) in [5.41, 5.74) is 1.54. The molecule has 0 bridgehead atoms. The van der Waals surface area contributed by atoms with Crippen molar-refractivity contribution in [1.82, 2.24) is 9.97 Å². The molecule has 0 saturated carbocycles. The summed E-state index contributed by atoms with van der Waals surface area (Å²) >= 11 is 3.15. The largest absolute Gasteiger partial charge is 0.504 e. The highest BCUT2D eigenvalue weighted by molar-refractivity contribution is 14.1. The average Bonchev–Trinajstić information content (AvgIpc) is 3.19. The molecule has 2 aromatic heterocycles. The molecule has 0 radical (unpaired) electrons. The van der Waals surface area contributed by atoms with Crippen molar-refractivity contribution in [3.05, 3.63) is 59.0 Å². The van der Waals surface area contributed by atoms with E-state index in [-0.39, 0.29) is 22.2 Å². The monoisotopic (exact) mass is 591 g/mol. The van der Waals surface area contributed by atoms with Crippen LogP contribution in [0.1, 0.15) is 15.2 Å². The Kier molecular flexibility index (Phi) is 5.69. The molecule has 0 saturated heterocycles. The Balaban J connectivity index is 1.56. The molecule has 0 aliphatic carbocycles. The molecule has 0 spiro atoms. The van der Waals surface area contributed by atoms with E-state index in [1.165, 1.54) is 42.6 Å². The first kappa shape index (κ1) is 22.3. The number of methoxy groups -OCH3 is 1. The van der Waals surface area contributed by atoms with E-state index in [0.29, 0.717) is 43.1 Å². The quantitative estimate of drug-likeness (QED) is 0.211. The number of thiophene rings is 1. The van der Waals surface area contributed by atoms with Gasteiger partial charge in [-0.3, -0.25) is 4.79 Å². The number of nitrogens with one attached hydrogen (secondary N) is 2. The lowest BCUT2D eigenvalue weighted by Crippen LogP contribution is -2.35. The maximum atomic E-state index is 14.0. The van der Waals surface area contributed by atoms with Gasteiger partial charge < -0.3 is 20.5 Å². The third-order valence-corrected chi connectivity index (χ3v) is 7.11. The standard InChI is InChI=1S/C22H15FIN5O4S/c1-33-15-5-2-11(7-14(15)30)27-20(31)18-17-16-19(25-9-26-21(16)34-18)29(22(32)28-17)12-3-4-13(23)10(6-12)8-24/h2-7,9,30H,8H2,1H3,(H,27,31)(H,28,32). The highest BCUT2D eigenvalue weighted by atomic mass is 127.